The Kier molecular flexibility index (Phi) is 3.06. The van der Waals surface area contributed by atoms with Gasteiger partial charge in [0.2, 0.25) is 5.95 Å². The van der Waals surface area contributed by atoms with Crippen molar-refractivity contribution >= 4 is 17.5 Å². The average Bonchev–Trinajstić information content (AvgIpc) is 2.81. The number of nitrogens with two attached hydrogens (primary N) is 1. The number of carbonyl (C=O) groups excluding carboxylic acids is 1. The van der Waals surface area contributed by atoms with E-state index in [1.54, 1.807) is 24.5 Å². The predicted octanol–water partition coefficient (Wildman–Crippen LogP) is 1.26. The second kappa shape index (κ2) is 4.67. The van der Waals surface area contributed by atoms with E-state index in [1.807, 2.05) is 13.0 Å². The van der Waals surface area contributed by atoms with E-state index >= 15 is 0 Å². The third-order valence-corrected chi connectivity index (χ3v) is 2.31. The van der Waals surface area contributed by atoms with Gasteiger partial charge in [0.1, 0.15) is 0 Å². The van der Waals surface area contributed by atoms with E-state index < -0.39 is 0 Å². The number of nitrogen functional groups attached to an aromatic ring is 1. The van der Waals surface area contributed by atoms with Crippen LogP contribution < -0.4 is 16.6 Å². The highest BCUT2D eigenvalue weighted by Crippen LogP contribution is 2.17. The van der Waals surface area contributed by atoms with Crippen LogP contribution in [0.3, 0.4) is 0 Å². The van der Waals surface area contributed by atoms with Crippen LogP contribution in [-0.2, 0) is 0 Å². The molecular weight excluding hydrogens is 218 g/mol. The number of nitrogens with one attached hydrogen (secondary N) is 3. The maximum absolute atomic E-state index is 11.9. The summed E-state index contributed by atoms with van der Waals surface area (Å²) in [5, 5.41) is 2.63. The summed E-state index contributed by atoms with van der Waals surface area (Å²) in [5.74, 6) is 5.51. The molecule has 0 spiro atoms. The molecule has 0 unspecified atom stereocenters. The van der Waals surface area contributed by atoms with Gasteiger partial charge in [-0.15, -0.1) is 0 Å². The van der Waals surface area contributed by atoms with E-state index in [1.165, 1.54) is 0 Å². The maximum Gasteiger partial charge on any atom is 0.260 e. The number of imidazole rings is 1. The zero-order valence-corrected chi connectivity index (χ0v) is 9.32. The molecule has 0 aliphatic heterocycles. The summed E-state index contributed by atoms with van der Waals surface area (Å²) in [7, 11) is 0. The Morgan fingerprint density at radius 1 is 1.47 bits per heavy atom. The quantitative estimate of drug-likeness (QED) is 0.472. The van der Waals surface area contributed by atoms with Gasteiger partial charge in [0.15, 0.2) is 0 Å². The number of nitrogens with zero attached hydrogens (tertiary/aromatic N) is 1. The van der Waals surface area contributed by atoms with E-state index in [0.29, 0.717) is 17.2 Å². The van der Waals surface area contributed by atoms with Gasteiger partial charge >= 0.3 is 0 Å². The molecule has 2 rings (SSSR count). The van der Waals surface area contributed by atoms with Crippen LogP contribution in [0.4, 0.5) is 11.6 Å². The molecule has 0 saturated heterocycles. The molecule has 0 aliphatic carbocycles. The van der Waals surface area contributed by atoms with Crippen molar-refractivity contribution in [3.05, 3.63) is 41.7 Å². The first-order chi connectivity index (χ1) is 8.20. The number of H-pyrrole nitrogens is 1. The number of benzene rings is 1. The lowest BCUT2D eigenvalue weighted by Crippen LogP contribution is -2.17. The molecule has 6 heteroatoms. The number of carbonyl (C=O) groups is 1. The lowest BCUT2D eigenvalue weighted by Gasteiger charge is -2.09. The van der Waals surface area contributed by atoms with Crippen molar-refractivity contribution in [2.45, 2.75) is 6.92 Å². The highest BCUT2D eigenvalue weighted by atomic mass is 16.1. The zero-order valence-electron chi connectivity index (χ0n) is 9.32. The molecule has 0 aliphatic rings. The fourth-order valence-electron chi connectivity index (χ4n) is 1.48. The number of hydrogen-bond acceptors (Lipinski definition) is 4. The average molecular weight is 231 g/mol. The third-order valence-electron chi connectivity index (χ3n) is 2.31. The van der Waals surface area contributed by atoms with Crippen LogP contribution in [0.15, 0.2) is 30.6 Å². The van der Waals surface area contributed by atoms with Gasteiger partial charge in [-0.1, -0.05) is 6.07 Å². The molecule has 0 radical (unpaired) electrons. The van der Waals surface area contributed by atoms with Crippen molar-refractivity contribution in [3.8, 4) is 0 Å². The van der Waals surface area contributed by atoms with Crippen LogP contribution in [0.25, 0.3) is 0 Å². The SMILES string of the molecule is Cc1ccc(C(=O)Nc2ncc[nH]2)c(NN)c1. The molecule has 0 saturated carbocycles. The first-order valence-electron chi connectivity index (χ1n) is 5.08. The summed E-state index contributed by atoms with van der Waals surface area (Å²) in [6.07, 6.45) is 3.19. The molecule has 1 heterocycles. The van der Waals surface area contributed by atoms with Gasteiger partial charge in [0, 0.05) is 12.4 Å². The van der Waals surface area contributed by atoms with Crippen molar-refractivity contribution in [3.63, 3.8) is 0 Å². The van der Waals surface area contributed by atoms with Crippen LogP contribution in [0.5, 0.6) is 0 Å². The summed E-state index contributed by atoms with van der Waals surface area (Å²) in [5.41, 5.74) is 4.57. The molecule has 0 bridgehead atoms. The number of anilines is 2. The van der Waals surface area contributed by atoms with Crippen LogP contribution >= 0.6 is 0 Å². The minimum atomic E-state index is -0.270. The monoisotopic (exact) mass is 231 g/mol. The van der Waals surface area contributed by atoms with Crippen molar-refractivity contribution < 1.29 is 4.79 Å². The Morgan fingerprint density at radius 2 is 2.29 bits per heavy atom. The maximum atomic E-state index is 11.9. The fraction of sp³-hybridized carbons (Fsp3) is 0.0909. The standard InChI is InChI=1S/C11H13N5O/c1-7-2-3-8(9(6-7)16-12)10(17)15-11-13-4-5-14-11/h2-6,16H,12H2,1H3,(H2,13,14,15,17). The summed E-state index contributed by atoms with van der Waals surface area (Å²) in [4.78, 5) is 18.6. The Balaban J connectivity index is 2.24. The van der Waals surface area contributed by atoms with Crippen molar-refractivity contribution in [1.82, 2.24) is 9.97 Å². The van der Waals surface area contributed by atoms with Crippen molar-refractivity contribution in [2.24, 2.45) is 5.84 Å². The Morgan fingerprint density at radius 3 is 2.94 bits per heavy atom. The second-order valence-electron chi connectivity index (χ2n) is 3.59. The fourth-order valence-corrected chi connectivity index (χ4v) is 1.48. The van der Waals surface area contributed by atoms with E-state index in [9.17, 15) is 4.79 Å². The predicted molar refractivity (Wildman–Crippen MR) is 65.5 cm³/mol. The van der Waals surface area contributed by atoms with Gasteiger partial charge in [-0.25, -0.2) is 4.98 Å². The molecule has 6 nitrogen and oxygen atoms in total. The van der Waals surface area contributed by atoms with E-state index in [2.05, 4.69) is 20.7 Å². The number of rotatable bonds is 3. The lowest BCUT2D eigenvalue weighted by atomic mass is 10.1. The molecule has 1 aromatic heterocycles. The van der Waals surface area contributed by atoms with Crippen LogP contribution in [0.1, 0.15) is 15.9 Å². The third kappa shape index (κ3) is 2.43. The van der Waals surface area contributed by atoms with Crippen molar-refractivity contribution in [2.75, 3.05) is 10.7 Å². The number of hydrazine groups is 1. The molecule has 88 valence electrons. The Bertz CT molecular complexity index is 521. The Hall–Kier alpha value is -2.34. The molecular formula is C11H13N5O. The van der Waals surface area contributed by atoms with Gasteiger partial charge in [-0.05, 0) is 24.6 Å². The molecule has 2 aromatic rings. The zero-order chi connectivity index (χ0) is 12.3. The van der Waals surface area contributed by atoms with Gasteiger partial charge in [0.05, 0.1) is 11.3 Å². The summed E-state index contributed by atoms with van der Waals surface area (Å²) in [6.45, 7) is 1.93. The number of aryl methyl sites for hydroxylation is 1. The summed E-state index contributed by atoms with van der Waals surface area (Å²) >= 11 is 0. The number of amides is 1. The van der Waals surface area contributed by atoms with E-state index in [-0.39, 0.29) is 5.91 Å². The summed E-state index contributed by atoms with van der Waals surface area (Å²) < 4.78 is 0. The van der Waals surface area contributed by atoms with E-state index in [0.717, 1.165) is 5.56 Å². The molecule has 17 heavy (non-hydrogen) atoms. The van der Waals surface area contributed by atoms with Gasteiger partial charge in [-0.2, -0.15) is 0 Å². The minimum absolute atomic E-state index is 0.270. The highest BCUT2D eigenvalue weighted by molar-refractivity contribution is 6.07. The lowest BCUT2D eigenvalue weighted by molar-refractivity contribution is 0.102. The molecule has 1 amide bonds. The molecule has 0 atom stereocenters. The van der Waals surface area contributed by atoms with E-state index in [4.69, 9.17) is 5.84 Å². The summed E-state index contributed by atoms with van der Waals surface area (Å²) in [6, 6.07) is 5.36. The smallest absolute Gasteiger partial charge is 0.260 e. The first kappa shape index (κ1) is 11.2. The second-order valence-corrected chi connectivity index (χ2v) is 3.59. The number of aromatic amines is 1. The highest BCUT2D eigenvalue weighted by Gasteiger charge is 2.11. The van der Waals surface area contributed by atoms with Gasteiger partial charge in [0.25, 0.3) is 5.91 Å². The van der Waals surface area contributed by atoms with Crippen LogP contribution in [-0.4, -0.2) is 15.9 Å². The molecule has 5 N–H and O–H groups in total. The van der Waals surface area contributed by atoms with Crippen LogP contribution in [0.2, 0.25) is 0 Å². The molecule has 1 aromatic carbocycles. The largest absolute Gasteiger partial charge is 0.331 e. The topological polar surface area (TPSA) is 95.8 Å². The van der Waals surface area contributed by atoms with Crippen molar-refractivity contribution in [1.29, 1.82) is 0 Å². The number of hydrogen-bond donors (Lipinski definition) is 4. The minimum Gasteiger partial charge on any atom is -0.331 e. The van der Waals surface area contributed by atoms with Crippen LogP contribution in [0, 0.1) is 6.92 Å². The Labute approximate surface area is 98.2 Å². The first-order valence-corrected chi connectivity index (χ1v) is 5.08. The number of aromatic nitrogens is 2. The normalized spacial score (nSPS) is 10.0. The molecule has 0 fully saturated rings. The van der Waals surface area contributed by atoms with Gasteiger partial charge < -0.3 is 10.4 Å². The van der Waals surface area contributed by atoms with Gasteiger partial charge in [-0.3, -0.25) is 16.0 Å².